The molecule has 0 radical (unpaired) electrons. The minimum Gasteiger partial charge on any atom is -0.207 e. The first-order valence-electron chi connectivity index (χ1n) is 5.03. The van der Waals surface area contributed by atoms with E-state index in [1.807, 2.05) is 12.1 Å². The highest BCUT2D eigenvalue weighted by molar-refractivity contribution is 14.1. The van der Waals surface area contributed by atoms with Crippen LogP contribution in [0.5, 0.6) is 0 Å². The molecule has 5 heteroatoms. The van der Waals surface area contributed by atoms with Gasteiger partial charge >= 0.3 is 0 Å². The van der Waals surface area contributed by atoms with Crippen LogP contribution in [0.1, 0.15) is 16.5 Å². The number of rotatable bonds is 2. The highest BCUT2D eigenvalue weighted by atomic mass is 127. The van der Waals surface area contributed by atoms with Gasteiger partial charge in [0, 0.05) is 15.2 Å². The average Bonchev–Trinajstić information content (AvgIpc) is 2.34. The van der Waals surface area contributed by atoms with E-state index < -0.39 is 22.8 Å². The first kappa shape index (κ1) is 13.7. The molecule has 18 heavy (non-hydrogen) atoms. The third kappa shape index (κ3) is 2.80. The molecule has 2 aromatic carbocycles. The van der Waals surface area contributed by atoms with Crippen LogP contribution in [0.25, 0.3) is 0 Å². The van der Waals surface area contributed by atoms with Crippen LogP contribution in [0.15, 0.2) is 36.4 Å². The Bertz CT molecular complexity index is 569. The van der Waals surface area contributed by atoms with Crippen LogP contribution in [0, 0.1) is 21.0 Å². The third-order valence-electron chi connectivity index (χ3n) is 2.48. The van der Waals surface area contributed by atoms with Crippen LogP contribution in [0.3, 0.4) is 0 Å². The van der Waals surface area contributed by atoms with E-state index in [1.54, 1.807) is 12.1 Å². The van der Waals surface area contributed by atoms with E-state index in [9.17, 15) is 13.2 Å². The van der Waals surface area contributed by atoms with E-state index in [0.717, 1.165) is 9.64 Å². The second-order valence-electron chi connectivity index (χ2n) is 3.70. The van der Waals surface area contributed by atoms with Crippen LogP contribution in [-0.4, -0.2) is 0 Å². The Morgan fingerprint density at radius 3 is 2.06 bits per heavy atom. The quantitative estimate of drug-likeness (QED) is 0.388. The van der Waals surface area contributed by atoms with E-state index in [1.165, 1.54) is 0 Å². The van der Waals surface area contributed by atoms with E-state index in [4.69, 9.17) is 11.6 Å². The molecule has 0 spiro atoms. The maximum absolute atomic E-state index is 13.6. The second-order valence-corrected chi connectivity index (χ2v) is 5.38. The normalized spacial score (nSPS) is 12.5. The molecule has 94 valence electrons. The van der Waals surface area contributed by atoms with Gasteiger partial charge in [-0.2, -0.15) is 0 Å². The molecule has 0 aromatic heterocycles. The molecule has 0 heterocycles. The smallest absolute Gasteiger partial charge is 0.161 e. The van der Waals surface area contributed by atoms with Gasteiger partial charge in [0.25, 0.3) is 0 Å². The van der Waals surface area contributed by atoms with Crippen molar-refractivity contribution in [3.05, 3.63) is 68.5 Å². The lowest BCUT2D eigenvalue weighted by atomic mass is 10.0. The average molecular weight is 383 g/mol. The summed E-state index contributed by atoms with van der Waals surface area (Å²) in [5, 5.41) is -0.850. The Balaban J connectivity index is 2.42. The van der Waals surface area contributed by atoms with Gasteiger partial charge in [0.05, 0.1) is 5.38 Å². The van der Waals surface area contributed by atoms with Crippen molar-refractivity contribution in [2.75, 3.05) is 0 Å². The molecule has 0 amide bonds. The van der Waals surface area contributed by atoms with Crippen molar-refractivity contribution in [3.63, 3.8) is 0 Å². The summed E-state index contributed by atoms with van der Waals surface area (Å²) in [6, 6.07) is 8.36. The summed E-state index contributed by atoms with van der Waals surface area (Å²) in [6.07, 6.45) is 0. The lowest BCUT2D eigenvalue weighted by Crippen LogP contribution is -2.00. The SMILES string of the molecule is Fc1cc(F)c(C(Cl)c2ccc(I)cc2)cc1F. The fourth-order valence-corrected chi connectivity index (χ4v) is 2.22. The minimum absolute atomic E-state index is 0.0724. The van der Waals surface area contributed by atoms with Gasteiger partial charge in [-0.3, -0.25) is 0 Å². The van der Waals surface area contributed by atoms with Gasteiger partial charge in [-0.05, 0) is 46.4 Å². The number of hydrogen-bond donors (Lipinski definition) is 0. The molecule has 2 aromatic rings. The van der Waals surface area contributed by atoms with E-state index >= 15 is 0 Å². The number of halogens is 5. The largest absolute Gasteiger partial charge is 0.207 e. The summed E-state index contributed by atoms with van der Waals surface area (Å²) < 4.78 is 40.5. The van der Waals surface area contributed by atoms with Crippen LogP contribution in [0.2, 0.25) is 0 Å². The molecule has 0 nitrogen and oxygen atoms in total. The van der Waals surface area contributed by atoms with Gasteiger partial charge in [-0.1, -0.05) is 12.1 Å². The topological polar surface area (TPSA) is 0 Å². The van der Waals surface area contributed by atoms with Crippen molar-refractivity contribution in [2.45, 2.75) is 5.38 Å². The molecule has 0 N–H and O–H groups in total. The van der Waals surface area contributed by atoms with Crippen molar-refractivity contribution < 1.29 is 13.2 Å². The molecule has 0 saturated heterocycles. The van der Waals surface area contributed by atoms with Gasteiger partial charge in [-0.15, -0.1) is 11.6 Å². The lowest BCUT2D eigenvalue weighted by Gasteiger charge is -2.12. The summed E-state index contributed by atoms with van der Waals surface area (Å²) >= 11 is 8.21. The predicted molar refractivity (Wildman–Crippen MR) is 73.2 cm³/mol. The standard InChI is InChI=1S/C13H7ClF3I/c14-13(7-1-3-8(18)4-2-7)9-5-11(16)12(17)6-10(9)15/h1-6,13H. The van der Waals surface area contributed by atoms with Gasteiger partial charge in [0.2, 0.25) is 0 Å². The summed E-state index contributed by atoms with van der Waals surface area (Å²) in [5.41, 5.74) is 0.554. The monoisotopic (exact) mass is 382 g/mol. The maximum atomic E-state index is 13.6. The highest BCUT2D eigenvalue weighted by Gasteiger charge is 2.18. The Hall–Kier alpha value is -0.750. The fraction of sp³-hybridized carbons (Fsp3) is 0.0769. The third-order valence-corrected chi connectivity index (χ3v) is 3.68. The van der Waals surface area contributed by atoms with Crippen LogP contribution in [-0.2, 0) is 0 Å². The predicted octanol–water partition coefficient (Wildman–Crippen LogP) is 5.04. The van der Waals surface area contributed by atoms with Crippen LogP contribution < -0.4 is 0 Å². The molecule has 1 unspecified atom stereocenters. The lowest BCUT2D eigenvalue weighted by molar-refractivity contribution is 0.490. The van der Waals surface area contributed by atoms with Gasteiger partial charge in [0.1, 0.15) is 5.82 Å². The van der Waals surface area contributed by atoms with Crippen molar-refractivity contribution in [3.8, 4) is 0 Å². The molecule has 0 fully saturated rings. The zero-order chi connectivity index (χ0) is 13.3. The minimum atomic E-state index is -1.22. The van der Waals surface area contributed by atoms with Crippen molar-refractivity contribution in [2.24, 2.45) is 0 Å². The zero-order valence-corrected chi connectivity index (χ0v) is 11.8. The van der Waals surface area contributed by atoms with Crippen LogP contribution in [0.4, 0.5) is 13.2 Å². The maximum Gasteiger partial charge on any atom is 0.161 e. The molecule has 2 rings (SSSR count). The van der Waals surface area contributed by atoms with Crippen molar-refractivity contribution in [1.82, 2.24) is 0 Å². The molecule has 0 saturated carbocycles. The number of benzene rings is 2. The summed E-state index contributed by atoms with van der Waals surface area (Å²) in [4.78, 5) is 0. The highest BCUT2D eigenvalue weighted by Crippen LogP contribution is 2.31. The second kappa shape index (κ2) is 5.48. The molecular formula is C13H7ClF3I. The Labute approximate surface area is 121 Å². The molecule has 0 aliphatic carbocycles. The molecular weight excluding hydrogens is 375 g/mol. The fourth-order valence-electron chi connectivity index (χ4n) is 1.54. The van der Waals surface area contributed by atoms with E-state index in [-0.39, 0.29) is 5.56 Å². The van der Waals surface area contributed by atoms with E-state index in [2.05, 4.69) is 22.6 Å². The van der Waals surface area contributed by atoms with Gasteiger partial charge < -0.3 is 0 Å². The van der Waals surface area contributed by atoms with Gasteiger partial charge in [-0.25, -0.2) is 13.2 Å². The summed E-state index contributed by atoms with van der Waals surface area (Å²) in [7, 11) is 0. The Morgan fingerprint density at radius 2 is 1.44 bits per heavy atom. The molecule has 0 aliphatic heterocycles. The zero-order valence-electron chi connectivity index (χ0n) is 8.93. The first-order chi connectivity index (χ1) is 8.49. The van der Waals surface area contributed by atoms with Crippen molar-refractivity contribution in [1.29, 1.82) is 0 Å². The molecule has 0 aliphatic rings. The number of hydrogen-bond acceptors (Lipinski definition) is 0. The Morgan fingerprint density at radius 1 is 0.889 bits per heavy atom. The molecule has 0 bridgehead atoms. The first-order valence-corrected chi connectivity index (χ1v) is 6.54. The summed E-state index contributed by atoms with van der Waals surface area (Å²) in [6.45, 7) is 0. The van der Waals surface area contributed by atoms with Gasteiger partial charge in [0.15, 0.2) is 11.6 Å². The van der Waals surface area contributed by atoms with Crippen molar-refractivity contribution >= 4 is 34.2 Å². The van der Waals surface area contributed by atoms with E-state index in [0.29, 0.717) is 11.6 Å². The van der Waals surface area contributed by atoms with Crippen LogP contribution >= 0.6 is 34.2 Å². The molecule has 1 atom stereocenters. The Kier molecular flexibility index (Phi) is 4.17. The summed E-state index contributed by atoms with van der Waals surface area (Å²) in [5.74, 6) is -3.18. The number of alkyl halides is 1.